The van der Waals surface area contributed by atoms with Crippen molar-refractivity contribution in [1.29, 1.82) is 0 Å². The molecular weight excluding hydrogens is 487 g/mol. The van der Waals surface area contributed by atoms with Crippen LogP contribution in [-0.2, 0) is 0 Å². The van der Waals surface area contributed by atoms with Crippen LogP contribution < -0.4 is 4.90 Å². The summed E-state index contributed by atoms with van der Waals surface area (Å²) in [7, 11) is -0.238. The van der Waals surface area contributed by atoms with E-state index < -0.39 is 0 Å². The average Bonchev–Trinajstić information content (AvgIpc) is 3.34. The van der Waals surface area contributed by atoms with E-state index in [4.69, 9.17) is 0 Å². The number of fused-ring (bicyclic) bond motifs is 1. The molecule has 1 aliphatic heterocycles. The first-order valence-electron chi connectivity index (χ1n) is 13.5. The van der Waals surface area contributed by atoms with Gasteiger partial charge >= 0.3 is 233 Å². The molecule has 37 heavy (non-hydrogen) atoms. The van der Waals surface area contributed by atoms with E-state index in [1.807, 2.05) is 6.08 Å². The van der Waals surface area contributed by atoms with Crippen LogP contribution in [0.1, 0.15) is 75.1 Å². The molecule has 2 aliphatic rings. The average molecular weight is 529 g/mol. The fourth-order valence-electron chi connectivity index (χ4n) is 5.23. The fourth-order valence-corrected chi connectivity index (χ4v) is 7.64. The first-order valence-corrected chi connectivity index (χ1v) is 15.7. The van der Waals surface area contributed by atoms with Crippen LogP contribution in [0.15, 0.2) is 48.4 Å². The van der Waals surface area contributed by atoms with Crippen LogP contribution in [0.3, 0.4) is 0 Å². The van der Waals surface area contributed by atoms with Gasteiger partial charge in [-0.1, -0.05) is 0 Å². The second-order valence-corrected chi connectivity index (χ2v) is 13.9. The van der Waals surface area contributed by atoms with Crippen LogP contribution in [0.25, 0.3) is 11.5 Å². The van der Waals surface area contributed by atoms with E-state index in [1.54, 1.807) is 11.3 Å². The molecule has 2 heterocycles. The zero-order chi connectivity index (χ0) is 26.6. The summed E-state index contributed by atoms with van der Waals surface area (Å²) < 4.78 is 2.57. The maximum absolute atomic E-state index is 4.66. The summed E-state index contributed by atoms with van der Waals surface area (Å²) in [5.41, 5.74) is 3.51. The van der Waals surface area contributed by atoms with Gasteiger partial charge in [0, 0.05) is 0 Å². The van der Waals surface area contributed by atoms with Crippen molar-refractivity contribution in [2.45, 2.75) is 70.7 Å². The Balaban J connectivity index is 1.68. The molecule has 0 radical (unpaired) electrons. The molecule has 1 aliphatic carbocycles. The van der Waals surface area contributed by atoms with Crippen molar-refractivity contribution in [2.24, 2.45) is 11.3 Å². The molecule has 1 aromatic carbocycles. The quantitative estimate of drug-likeness (QED) is 0.195. The zero-order valence-electron chi connectivity index (χ0n) is 23.1. The Morgan fingerprint density at radius 1 is 1.24 bits per heavy atom. The molecule has 0 bridgehead atoms. The van der Waals surface area contributed by atoms with E-state index in [0.29, 0.717) is 12.0 Å². The second-order valence-electron chi connectivity index (χ2n) is 11.2. The van der Waals surface area contributed by atoms with Crippen molar-refractivity contribution < 1.29 is 0 Å². The molecule has 5 heteroatoms. The summed E-state index contributed by atoms with van der Waals surface area (Å²) in [6.07, 6.45) is 10.8. The molecule has 2 atom stereocenters. The number of benzene rings is 1. The van der Waals surface area contributed by atoms with Crippen LogP contribution in [0.5, 0.6) is 0 Å². The molecule has 1 fully saturated rings. The van der Waals surface area contributed by atoms with Gasteiger partial charge in [0.1, 0.15) is 0 Å². The van der Waals surface area contributed by atoms with Crippen LogP contribution in [-0.4, -0.2) is 42.3 Å². The summed E-state index contributed by atoms with van der Waals surface area (Å²) >= 11 is 1.78. The van der Waals surface area contributed by atoms with E-state index in [2.05, 4.69) is 111 Å². The van der Waals surface area contributed by atoms with Gasteiger partial charge in [-0.25, -0.2) is 0 Å². The van der Waals surface area contributed by atoms with Gasteiger partial charge in [0.2, 0.25) is 0 Å². The monoisotopic (exact) mass is 528 g/mol. The van der Waals surface area contributed by atoms with Crippen LogP contribution in [0.2, 0.25) is 0 Å². The number of nitrogens with zero attached hydrogens (tertiary/aromatic N) is 2. The summed E-state index contributed by atoms with van der Waals surface area (Å²) in [5.74, 6) is 12.2. The van der Waals surface area contributed by atoms with E-state index in [-0.39, 0.29) is 16.1 Å². The van der Waals surface area contributed by atoms with Crippen molar-refractivity contribution in [2.75, 3.05) is 18.0 Å². The number of anilines is 1. The summed E-state index contributed by atoms with van der Waals surface area (Å²) in [6, 6.07) is 11.4. The predicted octanol–water partition coefficient (Wildman–Crippen LogP) is 7.99. The van der Waals surface area contributed by atoms with Crippen molar-refractivity contribution in [1.82, 2.24) is 4.31 Å². The predicted molar refractivity (Wildman–Crippen MR) is 171 cm³/mol. The third-order valence-electron chi connectivity index (χ3n) is 7.25. The van der Waals surface area contributed by atoms with Gasteiger partial charge in [-0.3, -0.25) is 0 Å². The first kappa shape index (κ1) is 27.9. The van der Waals surface area contributed by atoms with Crippen molar-refractivity contribution in [3.8, 4) is 11.8 Å². The number of thiophene rings is 1. The van der Waals surface area contributed by atoms with Gasteiger partial charge in [0.05, 0.1) is 0 Å². The topological polar surface area (TPSA) is 6.48 Å². The Bertz CT molecular complexity index is 1250. The van der Waals surface area contributed by atoms with Crippen LogP contribution in [0.4, 0.5) is 5.69 Å². The van der Waals surface area contributed by atoms with Crippen molar-refractivity contribution >= 4 is 58.1 Å². The fraction of sp³-hybridized carbons (Fsp3) is 0.438. The number of rotatable bonds is 8. The molecule has 1 saturated carbocycles. The summed E-state index contributed by atoms with van der Waals surface area (Å²) in [6.45, 7) is 21.3. The standard InChI is InChI=1S/C32H41BN2S2/c1-8-25-14-13-17-28(20-25)37(7)34(9-2)22-30(26-15-11-10-12-16-26)35-23-33-24(3)31-29(35)21-27(36-31)18-19-32(4,5)6/h8,13-14,17,20-21,23,26,30H,1,3,7,9-12,15-16,22H2,2,4-6H3. The van der Waals surface area contributed by atoms with Gasteiger partial charge in [0.15, 0.2) is 0 Å². The Hall–Kier alpha value is -2.13. The Morgan fingerprint density at radius 3 is 2.68 bits per heavy atom. The molecule has 194 valence electrons. The molecule has 1 aromatic heterocycles. The molecule has 2 unspecified atom stereocenters. The molecule has 0 saturated heterocycles. The van der Waals surface area contributed by atoms with Crippen molar-refractivity contribution in [3.63, 3.8) is 0 Å². The van der Waals surface area contributed by atoms with Crippen LogP contribution >= 0.6 is 22.0 Å². The molecule has 2 aromatic rings. The first-order chi connectivity index (χ1) is 17.7. The molecule has 0 spiro atoms. The van der Waals surface area contributed by atoms with E-state index in [0.717, 1.165) is 29.0 Å². The number of hydrogen-bond donors (Lipinski definition) is 0. The Morgan fingerprint density at radius 2 is 2.00 bits per heavy atom. The van der Waals surface area contributed by atoms with Crippen LogP contribution in [0, 0.1) is 23.2 Å². The van der Waals surface area contributed by atoms with Gasteiger partial charge in [0.25, 0.3) is 0 Å². The minimum atomic E-state index is -0.238. The van der Waals surface area contributed by atoms with E-state index in [1.165, 1.54) is 47.6 Å². The second kappa shape index (κ2) is 12.2. The summed E-state index contributed by atoms with van der Waals surface area (Å²) in [4.78, 5) is 6.22. The summed E-state index contributed by atoms with van der Waals surface area (Å²) in [5, 5.41) is 0. The Kier molecular flexibility index (Phi) is 9.17. The molecule has 2 nitrogen and oxygen atoms in total. The van der Waals surface area contributed by atoms with Gasteiger partial charge in [-0.15, -0.1) is 0 Å². The number of hydrogen-bond acceptors (Lipinski definition) is 3. The molecule has 4 rings (SSSR count). The normalized spacial score (nSPS) is 17.5. The van der Waals surface area contributed by atoms with Crippen molar-refractivity contribution in [3.05, 3.63) is 58.8 Å². The maximum atomic E-state index is 4.66. The SMILES string of the molecule is C=Cc1cccc(S(=C)N(CC)CC(C2CCCCC2)N2C=BC(=C)c3sc(C#CC(C)(C)C)cc32)c1. The van der Waals surface area contributed by atoms with E-state index in [9.17, 15) is 0 Å². The molecule has 0 N–H and O–H groups in total. The third kappa shape index (κ3) is 6.85. The van der Waals surface area contributed by atoms with Gasteiger partial charge in [-0.2, -0.15) is 0 Å². The van der Waals surface area contributed by atoms with Gasteiger partial charge < -0.3 is 0 Å². The number of likely N-dealkylation sites (N-methyl/N-ethyl adjacent to an activating group) is 1. The minimum absolute atomic E-state index is 0.0152. The third-order valence-corrected chi connectivity index (χ3v) is 10.2. The molecule has 0 amide bonds. The van der Waals surface area contributed by atoms with Gasteiger partial charge in [-0.05, 0) is 0 Å². The molecular formula is C32H41BN2S2. The Labute approximate surface area is 232 Å². The zero-order valence-corrected chi connectivity index (χ0v) is 24.7. The van der Waals surface area contributed by atoms with E-state index >= 15 is 0 Å².